The molecule has 0 saturated carbocycles. The Morgan fingerprint density at radius 1 is 1.15 bits per heavy atom. The van der Waals surface area contributed by atoms with Gasteiger partial charge in [-0.15, -0.1) is 0 Å². The van der Waals surface area contributed by atoms with E-state index in [4.69, 9.17) is 4.74 Å². The lowest BCUT2D eigenvalue weighted by molar-refractivity contribution is -0.123. The molecular weight excluding hydrogens is 375 g/mol. The minimum Gasteiger partial charge on any atom is -0.449 e. The number of rotatable bonds is 7. The first-order valence-corrected chi connectivity index (χ1v) is 9.58. The van der Waals surface area contributed by atoms with E-state index in [0.717, 1.165) is 0 Å². The fraction of sp³-hybridized carbons (Fsp3) is 0.222. The minimum atomic E-state index is -3.72. The van der Waals surface area contributed by atoms with Crippen LogP contribution in [0.25, 0.3) is 0 Å². The van der Waals surface area contributed by atoms with E-state index in [0.29, 0.717) is 5.69 Å². The molecule has 0 spiro atoms. The van der Waals surface area contributed by atoms with E-state index < -0.39 is 33.8 Å². The van der Waals surface area contributed by atoms with Gasteiger partial charge in [-0.05, 0) is 49.4 Å². The zero-order valence-electron chi connectivity index (χ0n) is 14.7. The van der Waals surface area contributed by atoms with Crippen LogP contribution in [-0.4, -0.2) is 32.9 Å². The summed E-state index contributed by atoms with van der Waals surface area (Å²) in [7, 11) is -3.72. The Labute approximate surface area is 156 Å². The molecular formula is C18H19FN2O5S. The summed E-state index contributed by atoms with van der Waals surface area (Å²) in [5.41, 5.74) is 0.346. The number of ether oxygens (including phenoxy) is 1. The Hall–Kier alpha value is -2.78. The largest absolute Gasteiger partial charge is 0.449 e. The molecule has 0 heterocycles. The third-order valence-corrected chi connectivity index (χ3v) is 5.02. The van der Waals surface area contributed by atoms with Crippen LogP contribution in [0.15, 0.2) is 53.4 Å². The van der Waals surface area contributed by atoms with E-state index in [1.54, 1.807) is 6.92 Å². The number of nitrogens with one attached hydrogen (secondary N) is 2. The molecule has 0 radical (unpaired) electrons. The Balaban J connectivity index is 2.05. The van der Waals surface area contributed by atoms with Crippen LogP contribution in [0.4, 0.5) is 10.1 Å². The van der Waals surface area contributed by atoms with Crippen molar-refractivity contribution in [3.8, 4) is 0 Å². The lowest BCUT2D eigenvalue weighted by Crippen LogP contribution is -2.30. The van der Waals surface area contributed by atoms with Gasteiger partial charge >= 0.3 is 5.97 Å². The molecule has 0 aliphatic heterocycles. The van der Waals surface area contributed by atoms with Crippen LogP contribution in [0.3, 0.4) is 0 Å². The van der Waals surface area contributed by atoms with E-state index in [1.807, 2.05) is 0 Å². The predicted molar refractivity (Wildman–Crippen MR) is 97.2 cm³/mol. The number of hydrogen-bond donors (Lipinski definition) is 2. The molecule has 0 aromatic heterocycles. The average molecular weight is 394 g/mol. The lowest BCUT2D eigenvalue weighted by atomic mass is 10.2. The molecule has 1 unspecified atom stereocenters. The number of anilines is 1. The second-order valence-corrected chi connectivity index (χ2v) is 7.34. The normalized spacial score (nSPS) is 12.3. The van der Waals surface area contributed by atoms with E-state index in [1.165, 1.54) is 55.5 Å². The summed E-state index contributed by atoms with van der Waals surface area (Å²) < 4.78 is 44.3. The zero-order chi connectivity index (χ0) is 20.0. The van der Waals surface area contributed by atoms with Gasteiger partial charge in [-0.3, -0.25) is 4.79 Å². The molecule has 9 heteroatoms. The maximum absolute atomic E-state index is 12.9. The summed E-state index contributed by atoms with van der Waals surface area (Å²) in [5, 5.41) is 2.49. The van der Waals surface area contributed by atoms with Gasteiger partial charge in [-0.25, -0.2) is 22.3 Å². The monoisotopic (exact) mass is 394 g/mol. The summed E-state index contributed by atoms with van der Waals surface area (Å²) >= 11 is 0. The van der Waals surface area contributed by atoms with Crippen LogP contribution in [0.2, 0.25) is 0 Å². The second-order valence-electron chi connectivity index (χ2n) is 5.57. The summed E-state index contributed by atoms with van der Waals surface area (Å²) in [6.07, 6.45) is -1.14. The maximum atomic E-state index is 12.9. The third-order valence-electron chi connectivity index (χ3n) is 3.48. The first-order chi connectivity index (χ1) is 12.7. The van der Waals surface area contributed by atoms with Gasteiger partial charge in [0.25, 0.3) is 5.91 Å². The lowest BCUT2D eigenvalue weighted by Gasteiger charge is -2.14. The molecule has 0 aliphatic rings. The smallest absolute Gasteiger partial charge is 0.338 e. The van der Waals surface area contributed by atoms with Gasteiger partial charge in [0.1, 0.15) is 5.82 Å². The molecule has 2 N–H and O–H groups in total. The Bertz CT molecular complexity index is 929. The van der Waals surface area contributed by atoms with Crippen LogP contribution < -0.4 is 10.0 Å². The molecule has 2 rings (SSSR count). The molecule has 0 saturated heterocycles. The fourth-order valence-corrected chi connectivity index (χ4v) is 3.21. The van der Waals surface area contributed by atoms with E-state index >= 15 is 0 Å². The van der Waals surface area contributed by atoms with Gasteiger partial charge in [0.05, 0.1) is 10.5 Å². The highest BCUT2D eigenvalue weighted by atomic mass is 32.2. The molecule has 1 atom stereocenters. The van der Waals surface area contributed by atoms with Crippen LogP contribution in [0.5, 0.6) is 0 Å². The highest BCUT2D eigenvalue weighted by Crippen LogP contribution is 2.14. The van der Waals surface area contributed by atoms with Crippen molar-refractivity contribution in [3.63, 3.8) is 0 Å². The average Bonchev–Trinajstić information content (AvgIpc) is 2.63. The number of halogens is 1. The van der Waals surface area contributed by atoms with Crippen molar-refractivity contribution < 1.29 is 27.1 Å². The van der Waals surface area contributed by atoms with E-state index in [2.05, 4.69) is 10.0 Å². The number of esters is 1. The van der Waals surface area contributed by atoms with Gasteiger partial charge in [-0.1, -0.05) is 13.0 Å². The topological polar surface area (TPSA) is 102 Å². The summed E-state index contributed by atoms with van der Waals surface area (Å²) in [6, 6.07) is 10.4. The molecule has 7 nitrogen and oxygen atoms in total. The summed E-state index contributed by atoms with van der Waals surface area (Å²) in [4.78, 5) is 24.2. The summed E-state index contributed by atoms with van der Waals surface area (Å²) in [5.74, 6) is -1.89. The Morgan fingerprint density at radius 2 is 1.81 bits per heavy atom. The quantitative estimate of drug-likeness (QED) is 0.702. The van der Waals surface area contributed by atoms with Crippen molar-refractivity contribution in [1.29, 1.82) is 0 Å². The van der Waals surface area contributed by atoms with Crippen molar-refractivity contribution in [3.05, 3.63) is 59.9 Å². The van der Waals surface area contributed by atoms with Crippen LogP contribution in [-0.2, 0) is 19.6 Å². The van der Waals surface area contributed by atoms with Crippen LogP contribution in [0.1, 0.15) is 24.2 Å². The molecule has 2 aromatic carbocycles. The Morgan fingerprint density at radius 3 is 2.44 bits per heavy atom. The van der Waals surface area contributed by atoms with Gasteiger partial charge in [0, 0.05) is 12.2 Å². The van der Waals surface area contributed by atoms with Crippen molar-refractivity contribution in [2.75, 3.05) is 11.9 Å². The standard InChI is InChI=1S/C18H19FN2O5S/c1-3-20-27(24,25)16-6-4-5-13(11-16)18(23)26-12(2)17(22)21-15-9-7-14(19)8-10-15/h4-12,20H,3H2,1-2H3,(H,21,22). The van der Waals surface area contributed by atoms with Gasteiger partial charge in [0.15, 0.2) is 6.10 Å². The van der Waals surface area contributed by atoms with Crippen molar-refractivity contribution in [2.45, 2.75) is 24.8 Å². The number of benzene rings is 2. The SMILES string of the molecule is CCNS(=O)(=O)c1cccc(C(=O)OC(C)C(=O)Nc2ccc(F)cc2)c1. The van der Waals surface area contributed by atoms with E-state index in [9.17, 15) is 22.4 Å². The van der Waals surface area contributed by atoms with Crippen LogP contribution in [0, 0.1) is 5.82 Å². The first kappa shape index (κ1) is 20.5. The Kier molecular flexibility index (Phi) is 6.65. The molecule has 27 heavy (non-hydrogen) atoms. The fourth-order valence-electron chi connectivity index (χ4n) is 2.12. The van der Waals surface area contributed by atoms with Gasteiger partial charge in [-0.2, -0.15) is 0 Å². The zero-order valence-corrected chi connectivity index (χ0v) is 15.5. The maximum Gasteiger partial charge on any atom is 0.338 e. The molecule has 0 aliphatic carbocycles. The third kappa shape index (κ3) is 5.60. The molecule has 0 fully saturated rings. The highest BCUT2D eigenvalue weighted by molar-refractivity contribution is 7.89. The highest BCUT2D eigenvalue weighted by Gasteiger charge is 2.21. The predicted octanol–water partition coefficient (Wildman–Crippen LogP) is 2.31. The van der Waals surface area contributed by atoms with Gasteiger partial charge < -0.3 is 10.1 Å². The summed E-state index contributed by atoms with van der Waals surface area (Å²) in [6.45, 7) is 3.21. The molecule has 0 bridgehead atoms. The first-order valence-electron chi connectivity index (χ1n) is 8.10. The number of sulfonamides is 1. The molecule has 144 valence electrons. The number of amides is 1. The number of hydrogen-bond acceptors (Lipinski definition) is 5. The van der Waals surface area contributed by atoms with Crippen molar-refractivity contribution >= 4 is 27.6 Å². The van der Waals surface area contributed by atoms with Gasteiger partial charge in [0.2, 0.25) is 10.0 Å². The molecule has 1 amide bonds. The number of carbonyl (C=O) groups excluding carboxylic acids is 2. The molecule has 2 aromatic rings. The second kappa shape index (κ2) is 8.74. The van der Waals surface area contributed by atoms with E-state index in [-0.39, 0.29) is 17.0 Å². The number of carbonyl (C=O) groups is 2. The minimum absolute atomic E-state index is 0.00425. The van der Waals surface area contributed by atoms with Crippen LogP contribution >= 0.6 is 0 Å². The van der Waals surface area contributed by atoms with Crippen molar-refractivity contribution in [1.82, 2.24) is 4.72 Å². The van der Waals surface area contributed by atoms with Crippen molar-refractivity contribution in [2.24, 2.45) is 0 Å².